The highest BCUT2D eigenvalue weighted by molar-refractivity contribution is 4.81. The minimum Gasteiger partial charge on any atom is -0.0654 e. The van der Waals surface area contributed by atoms with Crippen LogP contribution in [0.1, 0.15) is 155 Å². The minimum atomic E-state index is 1.09. The van der Waals surface area contributed by atoms with Gasteiger partial charge in [-0.1, -0.05) is 142 Å². The van der Waals surface area contributed by atoms with Crippen molar-refractivity contribution in [2.24, 2.45) is 35.5 Å². The summed E-state index contributed by atoms with van der Waals surface area (Å²) in [7, 11) is 0. The molecule has 0 heterocycles. The standard InChI is InChI=1S/C30H56/c1-3-5-7-8-10-26-13-17-28(18-14-26)24-30-21-19-29(20-22-30)23-27-15-11-25(12-16-27)9-6-4-2/h25-30H,3-24H2,1-2H3/t25-,26-,27-,28-,29-,30-. The highest BCUT2D eigenvalue weighted by Crippen LogP contribution is 2.42. The van der Waals surface area contributed by atoms with Crippen molar-refractivity contribution in [2.75, 3.05) is 0 Å². The van der Waals surface area contributed by atoms with Crippen LogP contribution in [0.4, 0.5) is 0 Å². The average Bonchev–Trinajstić information content (AvgIpc) is 2.79. The predicted molar refractivity (Wildman–Crippen MR) is 134 cm³/mol. The average molecular weight is 417 g/mol. The highest BCUT2D eigenvalue weighted by atomic mass is 14.3. The van der Waals surface area contributed by atoms with E-state index in [1.807, 2.05) is 0 Å². The summed E-state index contributed by atoms with van der Waals surface area (Å²) in [6.45, 7) is 4.68. The monoisotopic (exact) mass is 416 g/mol. The van der Waals surface area contributed by atoms with Crippen LogP contribution < -0.4 is 0 Å². The molecule has 0 aromatic rings. The van der Waals surface area contributed by atoms with Gasteiger partial charge in [0.1, 0.15) is 0 Å². The van der Waals surface area contributed by atoms with Crippen LogP contribution in [0.5, 0.6) is 0 Å². The maximum Gasteiger partial charge on any atom is -0.0411 e. The van der Waals surface area contributed by atoms with Crippen molar-refractivity contribution < 1.29 is 0 Å². The second-order valence-corrected chi connectivity index (χ2v) is 12.1. The van der Waals surface area contributed by atoms with Gasteiger partial charge in [0.05, 0.1) is 0 Å². The molecule has 0 bridgehead atoms. The summed E-state index contributed by atoms with van der Waals surface area (Å²) < 4.78 is 0. The van der Waals surface area contributed by atoms with E-state index in [1.165, 1.54) is 44.9 Å². The Balaban J connectivity index is 1.23. The van der Waals surface area contributed by atoms with E-state index in [0.29, 0.717) is 0 Å². The third-order valence-electron chi connectivity index (χ3n) is 9.66. The van der Waals surface area contributed by atoms with Crippen molar-refractivity contribution in [2.45, 2.75) is 155 Å². The first-order valence-corrected chi connectivity index (χ1v) is 14.8. The molecule has 0 spiro atoms. The van der Waals surface area contributed by atoms with Crippen LogP contribution in [0.15, 0.2) is 0 Å². The Hall–Kier alpha value is 0. The Bertz CT molecular complexity index is 402. The Labute approximate surface area is 190 Å². The van der Waals surface area contributed by atoms with Gasteiger partial charge >= 0.3 is 0 Å². The molecule has 0 nitrogen and oxygen atoms in total. The molecular weight excluding hydrogens is 360 g/mol. The van der Waals surface area contributed by atoms with E-state index in [-0.39, 0.29) is 0 Å². The van der Waals surface area contributed by atoms with E-state index in [4.69, 9.17) is 0 Å². The van der Waals surface area contributed by atoms with Gasteiger partial charge in [-0.25, -0.2) is 0 Å². The lowest BCUT2D eigenvalue weighted by Crippen LogP contribution is -2.23. The Morgan fingerprint density at radius 1 is 0.367 bits per heavy atom. The fourth-order valence-electron chi connectivity index (χ4n) is 7.51. The molecule has 3 rings (SSSR count). The molecule has 3 aliphatic carbocycles. The van der Waals surface area contributed by atoms with Crippen molar-refractivity contribution in [1.29, 1.82) is 0 Å². The first-order valence-electron chi connectivity index (χ1n) is 14.8. The minimum absolute atomic E-state index is 1.09. The number of hydrogen-bond acceptors (Lipinski definition) is 0. The maximum atomic E-state index is 2.35. The van der Waals surface area contributed by atoms with Gasteiger partial charge in [-0.2, -0.15) is 0 Å². The van der Waals surface area contributed by atoms with Gasteiger partial charge < -0.3 is 0 Å². The van der Waals surface area contributed by atoms with Crippen molar-refractivity contribution >= 4 is 0 Å². The lowest BCUT2D eigenvalue weighted by Gasteiger charge is -2.36. The van der Waals surface area contributed by atoms with Crippen molar-refractivity contribution in [3.8, 4) is 0 Å². The van der Waals surface area contributed by atoms with Gasteiger partial charge in [0.2, 0.25) is 0 Å². The van der Waals surface area contributed by atoms with E-state index in [0.717, 1.165) is 35.5 Å². The number of unbranched alkanes of at least 4 members (excludes halogenated alkanes) is 4. The van der Waals surface area contributed by atoms with Gasteiger partial charge in [0.25, 0.3) is 0 Å². The molecule has 0 saturated heterocycles. The Morgan fingerprint density at radius 3 is 1.07 bits per heavy atom. The number of hydrogen-bond donors (Lipinski definition) is 0. The third kappa shape index (κ3) is 8.86. The van der Waals surface area contributed by atoms with E-state index < -0.39 is 0 Å². The van der Waals surface area contributed by atoms with E-state index in [2.05, 4.69) is 13.8 Å². The van der Waals surface area contributed by atoms with Gasteiger partial charge in [-0.3, -0.25) is 0 Å². The van der Waals surface area contributed by atoms with Crippen LogP contribution >= 0.6 is 0 Å². The van der Waals surface area contributed by atoms with Crippen LogP contribution in [0, 0.1) is 35.5 Å². The molecule has 0 atom stereocenters. The SMILES string of the molecule is CCCCCC[C@H]1CC[C@H](C[C@H]2CC[C@H](C[C@H]3CC[C@H](CCCC)CC3)CC2)CC1. The van der Waals surface area contributed by atoms with Gasteiger partial charge in [-0.05, 0) is 48.3 Å². The molecule has 0 aromatic heterocycles. The summed E-state index contributed by atoms with van der Waals surface area (Å²) >= 11 is 0. The zero-order valence-electron chi connectivity index (χ0n) is 21.0. The molecule has 0 N–H and O–H groups in total. The quantitative estimate of drug-likeness (QED) is 0.277. The molecule has 0 aliphatic heterocycles. The molecule has 0 amide bonds. The van der Waals surface area contributed by atoms with E-state index >= 15 is 0 Å². The molecule has 0 heteroatoms. The summed E-state index contributed by atoms with van der Waals surface area (Å²) in [6.07, 6.45) is 33.8. The van der Waals surface area contributed by atoms with Gasteiger partial charge in [0, 0.05) is 0 Å². The van der Waals surface area contributed by atoms with E-state index in [9.17, 15) is 0 Å². The summed E-state index contributed by atoms with van der Waals surface area (Å²) in [5.41, 5.74) is 0. The topological polar surface area (TPSA) is 0 Å². The maximum absolute atomic E-state index is 2.35. The summed E-state index contributed by atoms with van der Waals surface area (Å²) in [5, 5.41) is 0. The lowest BCUT2D eigenvalue weighted by molar-refractivity contribution is 0.161. The highest BCUT2D eigenvalue weighted by Gasteiger charge is 2.29. The third-order valence-corrected chi connectivity index (χ3v) is 9.66. The lowest BCUT2D eigenvalue weighted by atomic mass is 9.70. The largest absolute Gasteiger partial charge is 0.0654 e. The van der Waals surface area contributed by atoms with Crippen LogP contribution in [-0.2, 0) is 0 Å². The van der Waals surface area contributed by atoms with Crippen molar-refractivity contribution in [3.63, 3.8) is 0 Å². The molecule has 3 aliphatic rings. The van der Waals surface area contributed by atoms with E-state index in [1.54, 1.807) is 96.3 Å². The second kappa shape index (κ2) is 14.2. The first kappa shape index (κ1) is 24.6. The molecular formula is C30H56. The van der Waals surface area contributed by atoms with Crippen molar-refractivity contribution in [3.05, 3.63) is 0 Å². The van der Waals surface area contributed by atoms with Crippen LogP contribution in [0.3, 0.4) is 0 Å². The molecule has 3 fully saturated rings. The molecule has 0 aromatic carbocycles. The Kier molecular flexibility index (Phi) is 11.7. The summed E-state index contributed by atoms with van der Waals surface area (Å²) in [6, 6.07) is 0. The second-order valence-electron chi connectivity index (χ2n) is 12.1. The predicted octanol–water partition coefficient (Wildman–Crippen LogP) is 10.3. The van der Waals surface area contributed by atoms with Gasteiger partial charge in [-0.15, -0.1) is 0 Å². The molecule has 3 saturated carbocycles. The molecule has 30 heavy (non-hydrogen) atoms. The Morgan fingerprint density at radius 2 is 0.700 bits per heavy atom. The zero-order valence-corrected chi connectivity index (χ0v) is 21.0. The van der Waals surface area contributed by atoms with Crippen LogP contribution in [-0.4, -0.2) is 0 Å². The van der Waals surface area contributed by atoms with Crippen LogP contribution in [0.25, 0.3) is 0 Å². The summed E-state index contributed by atoms with van der Waals surface area (Å²) in [4.78, 5) is 0. The molecule has 176 valence electrons. The van der Waals surface area contributed by atoms with Crippen molar-refractivity contribution in [1.82, 2.24) is 0 Å². The van der Waals surface area contributed by atoms with Crippen LogP contribution in [0.2, 0.25) is 0 Å². The summed E-state index contributed by atoms with van der Waals surface area (Å²) in [5.74, 6) is 6.55. The number of rotatable bonds is 12. The first-order chi connectivity index (χ1) is 14.8. The normalized spacial score (nSPS) is 35.4. The molecule has 0 radical (unpaired) electrons. The zero-order chi connectivity index (χ0) is 21.0. The smallest absolute Gasteiger partial charge is 0.0411 e. The molecule has 0 unspecified atom stereocenters. The fourth-order valence-corrected chi connectivity index (χ4v) is 7.51. The fraction of sp³-hybridized carbons (Fsp3) is 1.00. The van der Waals surface area contributed by atoms with Gasteiger partial charge in [0.15, 0.2) is 0 Å².